The maximum atomic E-state index is 13.2. The second-order valence-corrected chi connectivity index (χ2v) is 6.76. The number of hydrogen-bond acceptors (Lipinski definition) is 6. The van der Waals surface area contributed by atoms with Crippen molar-refractivity contribution >= 4 is 12.4 Å². The molecule has 0 saturated carbocycles. The molecule has 27 heavy (non-hydrogen) atoms. The number of urea groups is 1. The highest BCUT2D eigenvalue weighted by Crippen LogP contribution is 2.27. The van der Waals surface area contributed by atoms with Crippen molar-refractivity contribution in [3.8, 4) is 6.07 Å². The number of amides is 2. The van der Waals surface area contributed by atoms with Crippen molar-refractivity contribution in [2.45, 2.75) is 25.4 Å². The zero-order valence-electron chi connectivity index (χ0n) is 14.9. The highest BCUT2D eigenvalue weighted by molar-refractivity contribution is 5.81. The van der Waals surface area contributed by atoms with Crippen LogP contribution in [0.2, 0.25) is 0 Å². The summed E-state index contributed by atoms with van der Waals surface area (Å²) >= 11 is 0. The van der Waals surface area contributed by atoms with Crippen LogP contribution in [0.15, 0.2) is 53.7 Å². The number of fused-ring (bicyclic) bond motifs is 1. The third kappa shape index (κ3) is 3.25. The van der Waals surface area contributed by atoms with Gasteiger partial charge in [-0.1, -0.05) is 18.2 Å². The second-order valence-electron chi connectivity index (χ2n) is 6.76. The number of carbonyl (C=O) groups is 1. The number of carbonyl (C=O) groups excluding carboxylic acids is 1. The number of nitrogens with two attached hydrogens (primary N) is 1. The fourth-order valence-corrected chi connectivity index (χ4v) is 3.57. The summed E-state index contributed by atoms with van der Waals surface area (Å²) in [7, 11) is 0. The van der Waals surface area contributed by atoms with Crippen LogP contribution in [-0.4, -0.2) is 51.3 Å². The SMILES string of the molecule is N#Cc1ccccc1CN1C(=O)N2C=CN=CN2C=C1N1CCCC(N)C1. The summed E-state index contributed by atoms with van der Waals surface area (Å²) in [6, 6.07) is 9.45. The smallest absolute Gasteiger partial charge is 0.349 e. The Kier molecular flexibility index (Phi) is 4.52. The minimum atomic E-state index is -0.193. The van der Waals surface area contributed by atoms with E-state index in [1.54, 1.807) is 34.7 Å². The topological polar surface area (TPSA) is 92.2 Å². The monoisotopic (exact) mass is 363 g/mol. The number of hydrazine groups is 1. The van der Waals surface area contributed by atoms with E-state index < -0.39 is 0 Å². The van der Waals surface area contributed by atoms with Crippen LogP contribution in [-0.2, 0) is 6.54 Å². The molecule has 1 saturated heterocycles. The van der Waals surface area contributed by atoms with Gasteiger partial charge in [-0.05, 0) is 24.5 Å². The number of hydrogen-bond donors (Lipinski definition) is 1. The molecule has 8 nitrogen and oxygen atoms in total. The van der Waals surface area contributed by atoms with Gasteiger partial charge in [0.25, 0.3) is 0 Å². The fourth-order valence-electron chi connectivity index (χ4n) is 3.57. The number of aliphatic imine (C=N–C) groups is 1. The van der Waals surface area contributed by atoms with Gasteiger partial charge in [-0.15, -0.1) is 0 Å². The number of piperidine rings is 1. The van der Waals surface area contributed by atoms with Crippen molar-refractivity contribution in [1.82, 2.24) is 19.8 Å². The Morgan fingerprint density at radius 3 is 3.00 bits per heavy atom. The molecule has 0 aliphatic carbocycles. The zero-order chi connectivity index (χ0) is 18.8. The maximum absolute atomic E-state index is 13.2. The van der Waals surface area contributed by atoms with Crippen molar-refractivity contribution in [2.75, 3.05) is 13.1 Å². The van der Waals surface area contributed by atoms with Gasteiger partial charge in [0.05, 0.1) is 30.6 Å². The standard InChI is InChI=1S/C19H21N7O/c20-10-15-4-1-2-5-16(15)11-25-18(23-8-3-6-17(21)12-23)13-24-14-22-7-9-26(24)19(25)27/h1-2,4-5,7,9,13-14,17H,3,6,8,11-12,21H2. The van der Waals surface area contributed by atoms with Crippen molar-refractivity contribution in [1.29, 1.82) is 5.26 Å². The molecule has 1 aromatic rings. The summed E-state index contributed by atoms with van der Waals surface area (Å²) in [5.41, 5.74) is 7.54. The lowest BCUT2D eigenvalue weighted by molar-refractivity contribution is 0.0816. The first kappa shape index (κ1) is 17.1. The van der Waals surface area contributed by atoms with Crippen molar-refractivity contribution in [2.24, 2.45) is 10.7 Å². The third-order valence-corrected chi connectivity index (χ3v) is 4.93. The van der Waals surface area contributed by atoms with Gasteiger partial charge in [0, 0.05) is 25.3 Å². The van der Waals surface area contributed by atoms with E-state index in [2.05, 4.69) is 16.0 Å². The summed E-state index contributed by atoms with van der Waals surface area (Å²) in [6.45, 7) is 1.84. The molecule has 0 aromatic heterocycles. The van der Waals surface area contributed by atoms with Crippen LogP contribution in [0.3, 0.4) is 0 Å². The predicted octanol–water partition coefficient (Wildman–Crippen LogP) is 1.75. The molecule has 0 bridgehead atoms. The first-order valence-corrected chi connectivity index (χ1v) is 8.96. The Morgan fingerprint density at radius 2 is 2.19 bits per heavy atom. The molecule has 1 fully saturated rings. The normalized spacial score (nSPS) is 21.9. The summed E-state index contributed by atoms with van der Waals surface area (Å²) in [5.74, 6) is 0.779. The van der Waals surface area contributed by atoms with Crippen LogP contribution in [0.5, 0.6) is 0 Å². The molecule has 3 aliphatic heterocycles. The molecule has 4 rings (SSSR count). The first-order valence-electron chi connectivity index (χ1n) is 8.96. The Balaban J connectivity index is 1.71. The van der Waals surface area contributed by atoms with Gasteiger partial charge in [0.2, 0.25) is 0 Å². The number of rotatable bonds is 3. The Hall–Kier alpha value is -3.31. The van der Waals surface area contributed by atoms with Gasteiger partial charge in [-0.3, -0.25) is 4.90 Å². The van der Waals surface area contributed by atoms with E-state index in [-0.39, 0.29) is 12.1 Å². The number of benzene rings is 1. The van der Waals surface area contributed by atoms with E-state index >= 15 is 0 Å². The molecule has 0 spiro atoms. The lowest BCUT2D eigenvalue weighted by Gasteiger charge is -2.45. The Bertz CT molecular complexity index is 869. The first-order chi connectivity index (χ1) is 13.2. The Morgan fingerprint density at radius 1 is 1.33 bits per heavy atom. The van der Waals surface area contributed by atoms with E-state index in [0.717, 1.165) is 30.8 Å². The summed E-state index contributed by atoms with van der Waals surface area (Å²) in [4.78, 5) is 21.2. The minimum Gasteiger partial charge on any atom is -0.355 e. The van der Waals surface area contributed by atoms with Gasteiger partial charge >= 0.3 is 6.03 Å². The quantitative estimate of drug-likeness (QED) is 0.883. The molecule has 8 heteroatoms. The highest BCUT2D eigenvalue weighted by atomic mass is 16.2. The van der Waals surface area contributed by atoms with Crippen LogP contribution in [0.1, 0.15) is 24.0 Å². The molecule has 1 unspecified atom stereocenters. The Labute approximate surface area is 158 Å². The van der Waals surface area contributed by atoms with E-state index in [1.165, 1.54) is 5.01 Å². The molecular weight excluding hydrogens is 342 g/mol. The largest absolute Gasteiger partial charge is 0.355 e. The molecule has 1 atom stereocenters. The van der Waals surface area contributed by atoms with E-state index in [4.69, 9.17) is 5.73 Å². The number of nitriles is 1. The van der Waals surface area contributed by atoms with Crippen LogP contribution < -0.4 is 5.73 Å². The molecule has 0 radical (unpaired) electrons. The van der Waals surface area contributed by atoms with Gasteiger partial charge in [-0.25, -0.2) is 19.8 Å². The molecule has 3 heterocycles. The van der Waals surface area contributed by atoms with Crippen LogP contribution in [0.25, 0.3) is 0 Å². The molecule has 2 amide bonds. The van der Waals surface area contributed by atoms with E-state index in [1.807, 2.05) is 24.4 Å². The minimum absolute atomic E-state index is 0.0796. The van der Waals surface area contributed by atoms with Crippen LogP contribution >= 0.6 is 0 Å². The van der Waals surface area contributed by atoms with Crippen LogP contribution in [0.4, 0.5) is 4.79 Å². The van der Waals surface area contributed by atoms with Crippen molar-refractivity contribution < 1.29 is 4.79 Å². The van der Waals surface area contributed by atoms with Gasteiger partial charge in [0.1, 0.15) is 12.2 Å². The van der Waals surface area contributed by atoms with Crippen molar-refractivity contribution in [3.05, 3.63) is 59.8 Å². The fraction of sp³-hybridized carbons (Fsp3) is 0.316. The lowest BCUT2D eigenvalue weighted by Crippen LogP contribution is -2.56. The molecule has 138 valence electrons. The zero-order valence-corrected chi connectivity index (χ0v) is 14.9. The summed E-state index contributed by atoms with van der Waals surface area (Å²) in [5, 5.41) is 12.6. The molecular formula is C19H21N7O. The maximum Gasteiger partial charge on any atom is 0.349 e. The lowest BCUT2D eigenvalue weighted by atomic mass is 10.1. The van der Waals surface area contributed by atoms with E-state index in [0.29, 0.717) is 18.7 Å². The average Bonchev–Trinajstić information content (AvgIpc) is 2.70. The van der Waals surface area contributed by atoms with Gasteiger partial charge in [-0.2, -0.15) is 5.26 Å². The third-order valence-electron chi connectivity index (χ3n) is 4.93. The molecule has 2 N–H and O–H groups in total. The predicted molar refractivity (Wildman–Crippen MR) is 100 cm³/mol. The summed E-state index contributed by atoms with van der Waals surface area (Å²) in [6.07, 6.45) is 8.65. The number of likely N-dealkylation sites (tertiary alicyclic amines) is 1. The van der Waals surface area contributed by atoms with Crippen molar-refractivity contribution in [3.63, 3.8) is 0 Å². The van der Waals surface area contributed by atoms with Gasteiger partial charge in [0.15, 0.2) is 0 Å². The molecule has 1 aromatic carbocycles. The highest BCUT2D eigenvalue weighted by Gasteiger charge is 2.36. The van der Waals surface area contributed by atoms with Crippen LogP contribution in [0, 0.1) is 11.3 Å². The number of nitrogens with zero attached hydrogens (tertiary/aromatic N) is 6. The van der Waals surface area contributed by atoms with E-state index in [9.17, 15) is 10.1 Å². The molecule has 3 aliphatic rings. The van der Waals surface area contributed by atoms with Gasteiger partial charge < -0.3 is 10.6 Å². The second kappa shape index (κ2) is 7.13. The summed E-state index contributed by atoms with van der Waals surface area (Å²) < 4.78 is 0. The average molecular weight is 363 g/mol.